The summed E-state index contributed by atoms with van der Waals surface area (Å²) < 4.78 is 34.6. The lowest BCUT2D eigenvalue weighted by atomic mass is 10.4. The van der Waals surface area contributed by atoms with Crippen molar-refractivity contribution in [3.63, 3.8) is 0 Å². The molecular formula is C10H17N5O5S. The molecule has 1 heterocycles. The van der Waals surface area contributed by atoms with Gasteiger partial charge in [-0.25, -0.2) is 4.28 Å². The number of nitrogens with zero attached hydrogens (tertiary/aromatic N) is 3. The van der Waals surface area contributed by atoms with E-state index in [4.69, 9.17) is 16.0 Å². The van der Waals surface area contributed by atoms with E-state index >= 15 is 0 Å². The highest BCUT2D eigenvalue weighted by Crippen LogP contribution is 2.13. The molecule has 0 aliphatic carbocycles. The SMILES string of the molecule is C=CCN(CC=C)c1cc(N)[n+](OS(=O)(=O)O)c(N)n1.[OH-]. The van der Waals surface area contributed by atoms with Gasteiger partial charge in [0.05, 0.1) is 6.07 Å². The van der Waals surface area contributed by atoms with Crippen LogP contribution in [-0.4, -0.2) is 36.5 Å². The van der Waals surface area contributed by atoms with Crippen LogP contribution in [-0.2, 0) is 10.4 Å². The molecule has 0 aromatic carbocycles. The maximum Gasteiger partial charge on any atom is 0.474 e. The highest BCUT2D eigenvalue weighted by Gasteiger charge is 2.21. The topological polar surface area (TPSA) is 166 Å². The second-order valence-corrected chi connectivity index (χ2v) is 4.68. The van der Waals surface area contributed by atoms with Gasteiger partial charge in [-0.2, -0.15) is 8.42 Å². The van der Waals surface area contributed by atoms with Crippen LogP contribution in [0.4, 0.5) is 17.6 Å². The van der Waals surface area contributed by atoms with Gasteiger partial charge in [-0.3, -0.25) is 4.55 Å². The van der Waals surface area contributed by atoms with Crippen molar-refractivity contribution in [2.75, 3.05) is 29.5 Å². The molecule has 10 nitrogen and oxygen atoms in total. The minimum absolute atomic E-state index is 0. The molecule has 0 spiro atoms. The Kier molecular flexibility index (Phi) is 6.58. The second-order valence-electron chi connectivity index (χ2n) is 3.68. The van der Waals surface area contributed by atoms with Crippen LogP contribution in [0.5, 0.6) is 0 Å². The maximum atomic E-state index is 10.7. The van der Waals surface area contributed by atoms with Crippen LogP contribution in [0.3, 0.4) is 0 Å². The Morgan fingerprint density at radius 3 is 2.29 bits per heavy atom. The van der Waals surface area contributed by atoms with Gasteiger partial charge in [0.2, 0.25) is 5.82 Å². The van der Waals surface area contributed by atoms with E-state index in [0.29, 0.717) is 23.6 Å². The van der Waals surface area contributed by atoms with Gasteiger partial charge in [0.1, 0.15) is 0 Å². The first-order valence-electron chi connectivity index (χ1n) is 5.40. The average molecular weight is 319 g/mol. The zero-order chi connectivity index (χ0) is 15.3. The number of nitrogen functional groups attached to an aromatic ring is 2. The van der Waals surface area contributed by atoms with Crippen molar-refractivity contribution < 1.29 is 27.5 Å². The first kappa shape index (κ1) is 18.6. The molecule has 0 unspecified atom stereocenters. The van der Waals surface area contributed by atoms with Gasteiger partial charge >= 0.3 is 16.3 Å². The van der Waals surface area contributed by atoms with Gasteiger partial charge in [-0.05, 0) is 4.73 Å². The van der Waals surface area contributed by atoms with E-state index in [-0.39, 0.29) is 17.2 Å². The minimum Gasteiger partial charge on any atom is -0.870 e. The Labute approximate surface area is 122 Å². The molecule has 0 aliphatic rings. The lowest BCUT2D eigenvalue weighted by Gasteiger charge is -2.18. The molecule has 21 heavy (non-hydrogen) atoms. The fourth-order valence-corrected chi connectivity index (χ4v) is 1.78. The van der Waals surface area contributed by atoms with Gasteiger partial charge in [-0.1, -0.05) is 17.1 Å². The predicted molar refractivity (Wildman–Crippen MR) is 75.9 cm³/mol. The highest BCUT2D eigenvalue weighted by molar-refractivity contribution is 7.80. The van der Waals surface area contributed by atoms with Crippen LogP contribution in [0.15, 0.2) is 31.4 Å². The van der Waals surface area contributed by atoms with E-state index in [1.165, 1.54) is 6.07 Å². The van der Waals surface area contributed by atoms with Crippen LogP contribution in [0.25, 0.3) is 0 Å². The van der Waals surface area contributed by atoms with Gasteiger partial charge in [0, 0.05) is 13.1 Å². The molecule has 0 amide bonds. The number of aromatic nitrogens is 2. The summed E-state index contributed by atoms with van der Waals surface area (Å²) in [7, 11) is -4.76. The average Bonchev–Trinajstić information content (AvgIpc) is 2.32. The molecule has 11 heteroatoms. The lowest BCUT2D eigenvalue weighted by Crippen LogP contribution is -2.50. The number of hydrogen-bond acceptors (Lipinski definition) is 8. The lowest BCUT2D eigenvalue weighted by molar-refractivity contribution is -0.835. The van der Waals surface area contributed by atoms with Gasteiger partial charge in [0.25, 0.3) is 0 Å². The summed E-state index contributed by atoms with van der Waals surface area (Å²) in [6.07, 6.45) is 3.29. The van der Waals surface area contributed by atoms with Crippen molar-refractivity contribution >= 4 is 28.0 Å². The number of rotatable bonds is 7. The molecule has 0 aliphatic heterocycles. The summed E-state index contributed by atoms with van der Waals surface area (Å²) in [5, 5.41) is 0. The summed E-state index contributed by atoms with van der Waals surface area (Å²) in [5.41, 5.74) is 11.2. The highest BCUT2D eigenvalue weighted by atomic mass is 32.3. The zero-order valence-corrected chi connectivity index (χ0v) is 11.9. The van der Waals surface area contributed by atoms with Gasteiger partial charge < -0.3 is 21.8 Å². The molecular weight excluding hydrogens is 302 g/mol. The van der Waals surface area contributed by atoms with E-state index < -0.39 is 10.4 Å². The molecule has 0 saturated carbocycles. The van der Waals surface area contributed by atoms with Crippen molar-refractivity contribution in [2.45, 2.75) is 0 Å². The Bertz CT molecular complexity index is 585. The van der Waals surface area contributed by atoms with Crippen molar-refractivity contribution in [1.82, 2.24) is 4.98 Å². The van der Waals surface area contributed by atoms with Crippen molar-refractivity contribution in [3.05, 3.63) is 31.4 Å². The zero-order valence-electron chi connectivity index (χ0n) is 11.1. The van der Waals surface area contributed by atoms with E-state index in [2.05, 4.69) is 22.4 Å². The summed E-state index contributed by atoms with van der Waals surface area (Å²) in [6, 6.07) is 1.34. The third-order valence-electron chi connectivity index (χ3n) is 2.14. The van der Waals surface area contributed by atoms with Gasteiger partial charge in [0.15, 0.2) is 5.82 Å². The van der Waals surface area contributed by atoms with Crippen LogP contribution in [0, 0.1) is 0 Å². The summed E-state index contributed by atoms with van der Waals surface area (Å²) >= 11 is 0. The number of nitrogens with two attached hydrogens (primary N) is 2. The van der Waals surface area contributed by atoms with Gasteiger partial charge in [-0.15, -0.1) is 13.2 Å². The van der Waals surface area contributed by atoms with Crippen molar-refractivity contribution in [2.24, 2.45) is 0 Å². The van der Waals surface area contributed by atoms with Crippen LogP contribution >= 0.6 is 0 Å². The minimum atomic E-state index is -4.76. The van der Waals surface area contributed by atoms with Crippen LogP contribution < -0.4 is 25.4 Å². The second kappa shape index (κ2) is 7.42. The first-order valence-corrected chi connectivity index (χ1v) is 6.77. The predicted octanol–water partition coefficient (Wildman–Crippen LogP) is -1.23. The third-order valence-corrected chi connectivity index (χ3v) is 2.48. The molecule has 1 rings (SSSR count). The standard InChI is InChI=1S/C10H15N5O4S.H2O/c1-3-5-14(6-4-2)9-7-8(11)15(10(12)13-9)19-20(16,17)18;/h3-4,7H,1-2,5-6H2,(H4,11,12,13,16,17,18);1H2. The monoisotopic (exact) mass is 319 g/mol. The summed E-state index contributed by atoms with van der Waals surface area (Å²) in [6.45, 7) is 8.14. The van der Waals surface area contributed by atoms with Crippen LogP contribution in [0.2, 0.25) is 0 Å². The third kappa shape index (κ3) is 5.25. The molecule has 0 fully saturated rings. The number of hydrogen-bond donors (Lipinski definition) is 3. The van der Waals surface area contributed by atoms with E-state index in [9.17, 15) is 8.42 Å². The molecule has 0 bridgehead atoms. The normalized spacial score (nSPS) is 10.3. The molecule has 6 N–H and O–H groups in total. The molecule has 0 atom stereocenters. The first-order chi connectivity index (χ1) is 9.28. The van der Waals surface area contributed by atoms with Crippen LogP contribution in [0.1, 0.15) is 0 Å². The smallest absolute Gasteiger partial charge is 0.474 e. The Morgan fingerprint density at radius 2 is 1.90 bits per heavy atom. The fraction of sp³-hybridized carbons (Fsp3) is 0.200. The number of anilines is 3. The van der Waals surface area contributed by atoms with E-state index in [1.807, 2.05) is 0 Å². The summed E-state index contributed by atoms with van der Waals surface area (Å²) in [5.74, 6) is -0.103. The summed E-state index contributed by atoms with van der Waals surface area (Å²) in [4.78, 5) is 5.69. The van der Waals surface area contributed by atoms with Crippen molar-refractivity contribution in [1.29, 1.82) is 0 Å². The molecule has 1 aromatic rings. The Hall–Kier alpha value is -2.37. The largest absolute Gasteiger partial charge is 0.870 e. The molecule has 0 saturated heterocycles. The molecule has 118 valence electrons. The quantitative estimate of drug-likeness (QED) is 0.316. The van der Waals surface area contributed by atoms with Crippen molar-refractivity contribution in [3.8, 4) is 0 Å². The fourth-order valence-electron chi connectivity index (χ4n) is 1.43. The maximum absolute atomic E-state index is 10.7. The van der Waals surface area contributed by atoms with E-state index in [1.54, 1.807) is 17.1 Å². The van der Waals surface area contributed by atoms with E-state index in [0.717, 1.165) is 0 Å². The molecule has 0 radical (unpaired) electrons. The Balaban J connectivity index is 0.00000400. The molecule has 1 aromatic heterocycles. The Morgan fingerprint density at radius 1 is 1.38 bits per heavy atom.